The highest BCUT2D eigenvalue weighted by atomic mass is 127. The molecule has 0 aromatic heterocycles. The van der Waals surface area contributed by atoms with Crippen LogP contribution in [-0.2, 0) is 0 Å². The van der Waals surface area contributed by atoms with Crippen LogP contribution in [0.25, 0.3) is 0 Å². The van der Waals surface area contributed by atoms with Crippen molar-refractivity contribution in [1.29, 1.82) is 0 Å². The molecular weight excluding hydrogens is 337 g/mol. The van der Waals surface area contributed by atoms with Crippen LogP contribution in [0.1, 0.15) is 40.0 Å². The van der Waals surface area contributed by atoms with Crippen LogP contribution in [0.4, 0.5) is 0 Å². The van der Waals surface area contributed by atoms with Gasteiger partial charge in [0.2, 0.25) is 0 Å². The molecule has 0 unspecified atom stereocenters. The second-order valence-electron chi connectivity index (χ2n) is 5.54. The summed E-state index contributed by atoms with van der Waals surface area (Å²) in [7, 11) is 0. The van der Waals surface area contributed by atoms with Gasteiger partial charge in [0.15, 0.2) is 0 Å². The van der Waals surface area contributed by atoms with Crippen molar-refractivity contribution in [2.24, 2.45) is 0 Å². The zero-order valence-electron chi connectivity index (χ0n) is 11.6. The summed E-state index contributed by atoms with van der Waals surface area (Å²) in [6.07, 6.45) is 3.55. The second kappa shape index (κ2) is 8.00. The number of ether oxygens (including phenoxy) is 1. The second-order valence-corrected chi connectivity index (χ2v) is 6.79. The molecule has 1 rings (SSSR count). The van der Waals surface area contributed by atoms with E-state index in [0.29, 0.717) is 0 Å². The lowest BCUT2D eigenvalue weighted by atomic mass is 10.1. The standard InChI is InChI=1S/C15H24INO/c1-15(2,3)17-10-5-4-6-11-18-14-9-7-8-13(16)12-14/h7-9,12,17H,4-6,10-11H2,1-3H3. The van der Waals surface area contributed by atoms with E-state index < -0.39 is 0 Å². The van der Waals surface area contributed by atoms with Crippen molar-refractivity contribution >= 4 is 22.6 Å². The molecule has 1 aromatic rings. The van der Waals surface area contributed by atoms with E-state index in [1.165, 1.54) is 16.4 Å². The highest BCUT2D eigenvalue weighted by Gasteiger charge is 2.06. The molecule has 0 saturated heterocycles. The fraction of sp³-hybridized carbons (Fsp3) is 0.600. The van der Waals surface area contributed by atoms with Gasteiger partial charge in [-0.15, -0.1) is 0 Å². The van der Waals surface area contributed by atoms with Gasteiger partial charge in [-0.2, -0.15) is 0 Å². The molecule has 2 nitrogen and oxygen atoms in total. The maximum absolute atomic E-state index is 5.71. The minimum Gasteiger partial charge on any atom is -0.494 e. The SMILES string of the molecule is CC(C)(C)NCCCCCOc1cccc(I)c1. The largest absolute Gasteiger partial charge is 0.494 e. The first-order valence-electron chi connectivity index (χ1n) is 6.61. The van der Waals surface area contributed by atoms with E-state index in [-0.39, 0.29) is 5.54 Å². The van der Waals surface area contributed by atoms with Crippen LogP contribution in [0.5, 0.6) is 5.75 Å². The highest BCUT2D eigenvalue weighted by Crippen LogP contribution is 2.15. The van der Waals surface area contributed by atoms with Crippen molar-refractivity contribution < 1.29 is 4.74 Å². The van der Waals surface area contributed by atoms with E-state index in [4.69, 9.17) is 4.74 Å². The van der Waals surface area contributed by atoms with E-state index >= 15 is 0 Å². The third-order valence-electron chi connectivity index (χ3n) is 2.54. The zero-order valence-corrected chi connectivity index (χ0v) is 13.8. The lowest BCUT2D eigenvalue weighted by Gasteiger charge is -2.20. The Bertz CT molecular complexity index is 347. The van der Waals surface area contributed by atoms with E-state index in [9.17, 15) is 0 Å². The van der Waals surface area contributed by atoms with Crippen molar-refractivity contribution in [2.45, 2.75) is 45.6 Å². The molecule has 0 aliphatic rings. The molecule has 0 fully saturated rings. The molecule has 102 valence electrons. The number of rotatable bonds is 7. The van der Waals surface area contributed by atoms with Gasteiger partial charge in [-0.1, -0.05) is 6.07 Å². The summed E-state index contributed by atoms with van der Waals surface area (Å²) in [4.78, 5) is 0. The Morgan fingerprint density at radius 3 is 2.61 bits per heavy atom. The van der Waals surface area contributed by atoms with Crippen LogP contribution in [0.2, 0.25) is 0 Å². The van der Waals surface area contributed by atoms with Gasteiger partial charge >= 0.3 is 0 Å². The molecule has 18 heavy (non-hydrogen) atoms. The molecule has 0 radical (unpaired) electrons. The van der Waals surface area contributed by atoms with Gasteiger partial charge in [0.1, 0.15) is 5.75 Å². The maximum atomic E-state index is 5.71. The van der Waals surface area contributed by atoms with Crippen LogP contribution in [0, 0.1) is 3.57 Å². The number of halogens is 1. The number of nitrogens with one attached hydrogen (secondary N) is 1. The van der Waals surface area contributed by atoms with Gasteiger partial charge in [0.25, 0.3) is 0 Å². The first-order valence-corrected chi connectivity index (χ1v) is 7.69. The van der Waals surface area contributed by atoms with Crippen LogP contribution in [-0.4, -0.2) is 18.7 Å². The zero-order chi connectivity index (χ0) is 13.4. The molecule has 1 N–H and O–H groups in total. The van der Waals surface area contributed by atoms with Crippen LogP contribution in [0.3, 0.4) is 0 Å². The van der Waals surface area contributed by atoms with Crippen LogP contribution < -0.4 is 10.1 Å². The van der Waals surface area contributed by atoms with Gasteiger partial charge in [-0.25, -0.2) is 0 Å². The lowest BCUT2D eigenvalue weighted by molar-refractivity contribution is 0.303. The predicted octanol–water partition coefficient (Wildman–Crippen LogP) is 4.23. The molecule has 0 amide bonds. The Labute approximate surface area is 125 Å². The number of benzene rings is 1. The number of hydrogen-bond donors (Lipinski definition) is 1. The number of hydrogen-bond acceptors (Lipinski definition) is 2. The highest BCUT2D eigenvalue weighted by molar-refractivity contribution is 14.1. The number of unbranched alkanes of at least 4 members (excludes halogenated alkanes) is 2. The van der Waals surface area contributed by atoms with Crippen LogP contribution in [0.15, 0.2) is 24.3 Å². The summed E-state index contributed by atoms with van der Waals surface area (Å²) in [5.41, 5.74) is 0.233. The topological polar surface area (TPSA) is 21.3 Å². The molecule has 0 bridgehead atoms. The molecule has 0 saturated carbocycles. The van der Waals surface area contributed by atoms with E-state index in [1.54, 1.807) is 0 Å². The molecule has 0 aliphatic heterocycles. The third-order valence-corrected chi connectivity index (χ3v) is 3.21. The van der Waals surface area contributed by atoms with Crippen molar-refractivity contribution in [3.63, 3.8) is 0 Å². The Morgan fingerprint density at radius 2 is 1.94 bits per heavy atom. The molecule has 3 heteroatoms. The van der Waals surface area contributed by atoms with E-state index in [0.717, 1.165) is 25.3 Å². The van der Waals surface area contributed by atoms with Crippen LogP contribution >= 0.6 is 22.6 Å². The van der Waals surface area contributed by atoms with Crippen molar-refractivity contribution in [3.8, 4) is 5.75 Å². The van der Waals surface area contributed by atoms with Crippen molar-refractivity contribution in [3.05, 3.63) is 27.8 Å². The molecule has 0 heterocycles. The van der Waals surface area contributed by atoms with Gasteiger partial charge in [0, 0.05) is 9.11 Å². The molecule has 0 atom stereocenters. The molecular formula is C15H24INO. The Kier molecular flexibility index (Phi) is 7.00. The molecule has 0 aliphatic carbocycles. The minimum atomic E-state index is 0.233. The quantitative estimate of drug-likeness (QED) is 0.580. The first-order chi connectivity index (χ1) is 8.47. The summed E-state index contributed by atoms with van der Waals surface area (Å²) in [6.45, 7) is 8.51. The Balaban J connectivity index is 2.02. The summed E-state index contributed by atoms with van der Waals surface area (Å²) in [5, 5.41) is 3.50. The Hall–Kier alpha value is -0.290. The molecule has 0 spiro atoms. The smallest absolute Gasteiger partial charge is 0.120 e. The summed E-state index contributed by atoms with van der Waals surface area (Å²) in [6, 6.07) is 8.20. The van der Waals surface area contributed by atoms with E-state index in [2.05, 4.69) is 60.8 Å². The predicted molar refractivity (Wildman–Crippen MR) is 86.3 cm³/mol. The van der Waals surface area contributed by atoms with E-state index in [1.807, 2.05) is 12.1 Å². The summed E-state index contributed by atoms with van der Waals surface area (Å²) < 4.78 is 6.93. The summed E-state index contributed by atoms with van der Waals surface area (Å²) >= 11 is 2.30. The monoisotopic (exact) mass is 361 g/mol. The van der Waals surface area contributed by atoms with Crippen molar-refractivity contribution in [2.75, 3.05) is 13.2 Å². The summed E-state index contributed by atoms with van der Waals surface area (Å²) in [5.74, 6) is 0.981. The Morgan fingerprint density at radius 1 is 1.17 bits per heavy atom. The lowest BCUT2D eigenvalue weighted by Crippen LogP contribution is -2.36. The molecule has 1 aromatic carbocycles. The van der Waals surface area contributed by atoms with Gasteiger partial charge in [-0.3, -0.25) is 0 Å². The third kappa shape index (κ3) is 7.93. The van der Waals surface area contributed by atoms with Gasteiger partial charge < -0.3 is 10.1 Å². The fourth-order valence-electron chi connectivity index (χ4n) is 1.61. The van der Waals surface area contributed by atoms with Crippen molar-refractivity contribution in [1.82, 2.24) is 5.32 Å². The minimum absolute atomic E-state index is 0.233. The van der Waals surface area contributed by atoms with Gasteiger partial charge in [0.05, 0.1) is 6.61 Å². The van der Waals surface area contributed by atoms with Gasteiger partial charge in [-0.05, 0) is 87.4 Å². The fourth-order valence-corrected chi connectivity index (χ4v) is 2.13. The normalized spacial score (nSPS) is 11.6. The average molecular weight is 361 g/mol. The maximum Gasteiger partial charge on any atom is 0.120 e. The average Bonchev–Trinajstić information content (AvgIpc) is 2.26. The first kappa shape index (κ1) is 15.8.